The minimum atomic E-state index is -1.97. The van der Waals surface area contributed by atoms with E-state index in [1.807, 2.05) is 31.2 Å². The third-order valence-electron chi connectivity index (χ3n) is 10.5. The van der Waals surface area contributed by atoms with Crippen molar-refractivity contribution in [1.29, 1.82) is 0 Å². The largest absolute Gasteiger partial charge is 0.568 e. The quantitative estimate of drug-likeness (QED) is 0.0413. The lowest BCUT2D eigenvalue weighted by Gasteiger charge is -2.49. The van der Waals surface area contributed by atoms with Gasteiger partial charge in [0.25, 0.3) is 0 Å². The molecule has 0 aromatic heterocycles. The summed E-state index contributed by atoms with van der Waals surface area (Å²) in [4.78, 5) is 49.8. The molecule has 24 heteroatoms. The molecule has 308 valence electrons. The van der Waals surface area contributed by atoms with Crippen LogP contribution in [-0.4, -0.2) is 97.4 Å². The zero-order valence-electron chi connectivity index (χ0n) is 33.4. The summed E-state index contributed by atoms with van der Waals surface area (Å²) in [6.07, 6.45) is -1.62. The van der Waals surface area contributed by atoms with Crippen molar-refractivity contribution in [1.82, 2.24) is 30.5 Å². The fourth-order valence-electron chi connectivity index (χ4n) is 7.36. The fraction of sp³-hybridized carbons (Fsp3) is 0.515. The monoisotopic (exact) mass is 877 g/mol. The van der Waals surface area contributed by atoms with Gasteiger partial charge in [0, 0.05) is 43.3 Å². The van der Waals surface area contributed by atoms with Gasteiger partial charge in [-0.25, -0.2) is 9.59 Å². The summed E-state index contributed by atoms with van der Waals surface area (Å²) in [6.45, 7) is 11.3. The van der Waals surface area contributed by atoms with Gasteiger partial charge in [-0.3, -0.25) is 26.2 Å². The van der Waals surface area contributed by atoms with Crippen molar-refractivity contribution in [2.24, 2.45) is 17.6 Å². The van der Waals surface area contributed by atoms with E-state index in [1.54, 1.807) is 32.6 Å². The molecule has 0 spiro atoms. The number of nitrogens with one attached hydrogen (secondary N) is 5. The van der Waals surface area contributed by atoms with Crippen LogP contribution in [0, 0.1) is 11.8 Å². The third kappa shape index (κ3) is 11.2. The summed E-state index contributed by atoms with van der Waals surface area (Å²) in [6, 6.07) is 14.9. The Bertz CT molecular complexity index is 1800. The van der Waals surface area contributed by atoms with Crippen molar-refractivity contribution in [3.63, 3.8) is 0 Å². The second-order valence-electron chi connectivity index (χ2n) is 13.7. The van der Waals surface area contributed by atoms with E-state index in [4.69, 9.17) is 33.3 Å². The minimum absolute atomic E-state index is 0.0974. The summed E-state index contributed by atoms with van der Waals surface area (Å²) < 4.78 is 34.4. The van der Waals surface area contributed by atoms with Crippen LogP contribution in [0.1, 0.15) is 40.2 Å². The number of carbonyl (C=O) groups excluding carboxylic acids is 3. The summed E-state index contributed by atoms with van der Waals surface area (Å²) in [5, 5.41) is 7.96. The van der Waals surface area contributed by atoms with Crippen LogP contribution in [0.2, 0.25) is 18.1 Å². The maximum atomic E-state index is 13.8. The SMILES string of the molecule is BNPOC(=O)N/C(NCCSCc1cccc2c(OCC3=C(C(=O)OPNB)N4C(=O)[C@H]([C@@H](C)O[Si](CC)(CC)CC)[C@H]4[C@H]3C)cccc12)=P\NB1OC(N)O1. The predicted octanol–water partition coefficient (Wildman–Crippen LogP) is 2.56. The first-order valence-electron chi connectivity index (χ1n) is 19.1. The van der Waals surface area contributed by atoms with Crippen molar-refractivity contribution >= 4 is 104 Å². The van der Waals surface area contributed by atoms with Gasteiger partial charge < -0.3 is 42.4 Å². The highest BCUT2D eigenvalue weighted by Gasteiger charge is 2.61. The topological polar surface area (TPSA) is 196 Å². The zero-order valence-corrected chi connectivity index (χ0v) is 38.1. The number of hydrogen-bond donors (Lipinski definition) is 6. The van der Waals surface area contributed by atoms with Crippen LogP contribution in [0.5, 0.6) is 5.75 Å². The molecule has 0 radical (unpaired) electrons. The van der Waals surface area contributed by atoms with Gasteiger partial charge in [0.05, 0.1) is 18.1 Å². The molecular weight excluding hydrogens is 824 g/mol. The molecule has 6 atom stereocenters. The number of amides is 2. The van der Waals surface area contributed by atoms with Crippen LogP contribution in [0.15, 0.2) is 47.7 Å². The molecule has 3 aliphatic heterocycles. The Morgan fingerprint density at radius 3 is 2.44 bits per heavy atom. The van der Waals surface area contributed by atoms with E-state index in [2.05, 4.69) is 65.5 Å². The molecule has 0 aliphatic carbocycles. The molecule has 57 heavy (non-hydrogen) atoms. The normalized spacial score (nSPS) is 20.7. The maximum absolute atomic E-state index is 13.8. The Labute approximate surface area is 347 Å². The molecule has 0 saturated carbocycles. The van der Waals surface area contributed by atoms with E-state index in [1.165, 1.54) is 0 Å². The number of nitrogens with zero attached hydrogens (tertiary/aromatic N) is 1. The standard InChI is InChI=1S/C33H53B3N7O9P3SSi/c1-6-57(7-2,8-3)52-20(5)26-27-19(4)24(28(43(27)29(26)44)30(45)50-54-40-34)17-47-25-14-10-12-22-21(11-9-13-23(22)25)18-56-16-15-38-32(39-33(46)51-55-41-35)53-42-36-48-31(37)49-36/h9-14,19-20,26-27,31,38,40-42,54-55H,6-8,15-18,34-35,37H2,1-5H3,(H,39,46)/t19-,20+,26+,27+/m0/s1. The van der Waals surface area contributed by atoms with Gasteiger partial charge in [0.2, 0.25) is 5.91 Å². The van der Waals surface area contributed by atoms with Crippen molar-refractivity contribution < 1.29 is 41.9 Å². The lowest BCUT2D eigenvalue weighted by molar-refractivity contribution is -0.161. The van der Waals surface area contributed by atoms with E-state index >= 15 is 0 Å². The van der Waals surface area contributed by atoms with Crippen molar-refractivity contribution in [2.45, 2.75) is 77.1 Å². The molecule has 5 rings (SSSR count). The fourth-order valence-corrected chi connectivity index (χ4v) is 12.4. The van der Waals surface area contributed by atoms with E-state index in [-0.39, 0.29) is 60.1 Å². The molecule has 3 aliphatic rings. The Balaban J connectivity index is 1.24. The second kappa shape index (κ2) is 22.0. The molecule has 2 fully saturated rings. The molecule has 2 aromatic carbocycles. The van der Waals surface area contributed by atoms with Gasteiger partial charge in [-0.1, -0.05) is 58.0 Å². The smallest absolute Gasteiger partial charge is 0.488 e. The average molecular weight is 877 g/mol. The molecule has 3 heterocycles. The first-order valence-corrected chi connectivity index (χ1v) is 25.5. The Morgan fingerprint density at radius 1 is 1.07 bits per heavy atom. The number of nitrogens with two attached hydrogens (primary N) is 1. The first kappa shape index (κ1) is 46.0. The van der Waals surface area contributed by atoms with E-state index in [9.17, 15) is 14.4 Å². The van der Waals surface area contributed by atoms with Gasteiger partial charge >= 0.3 is 19.3 Å². The summed E-state index contributed by atoms with van der Waals surface area (Å²) >= 11 is 1.74. The van der Waals surface area contributed by atoms with Crippen LogP contribution >= 0.6 is 38.0 Å². The maximum Gasteiger partial charge on any atom is 0.568 e. The number of carbonyl (C=O) groups is 3. The van der Waals surface area contributed by atoms with Gasteiger partial charge in [0.1, 0.15) is 41.5 Å². The number of β-lactam (4-membered cyclic amide) rings is 1. The van der Waals surface area contributed by atoms with Crippen LogP contribution in [0.3, 0.4) is 0 Å². The number of ether oxygens (including phenoxy) is 1. The molecule has 2 unspecified atom stereocenters. The molecule has 0 bridgehead atoms. The highest BCUT2D eigenvalue weighted by atomic mass is 32.2. The van der Waals surface area contributed by atoms with Crippen LogP contribution < -0.4 is 36.1 Å². The predicted molar refractivity (Wildman–Crippen MR) is 238 cm³/mol. The third-order valence-corrected chi connectivity index (χ3v) is 18.1. The lowest BCUT2D eigenvalue weighted by atomic mass is 9.78. The molecular formula is C33H53B3N7O9P3SSi. The van der Waals surface area contributed by atoms with Crippen molar-refractivity contribution in [3.8, 4) is 5.75 Å². The van der Waals surface area contributed by atoms with Crippen LogP contribution in [0.4, 0.5) is 4.79 Å². The zero-order chi connectivity index (χ0) is 41.1. The average Bonchev–Trinajstić information content (AvgIpc) is 3.45. The van der Waals surface area contributed by atoms with Gasteiger partial charge in [-0.05, 0) is 42.1 Å². The van der Waals surface area contributed by atoms with E-state index in [0.29, 0.717) is 26.2 Å². The van der Waals surface area contributed by atoms with Gasteiger partial charge in [-0.2, -0.15) is 11.8 Å². The molecule has 16 nitrogen and oxygen atoms in total. The Hall–Kier alpha value is -2.08. The highest BCUT2D eigenvalue weighted by Crippen LogP contribution is 2.49. The second-order valence-corrected chi connectivity index (χ2v) is 22.2. The van der Waals surface area contributed by atoms with Gasteiger partial charge in [-0.15, -0.1) is 0 Å². The molecule has 2 amide bonds. The van der Waals surface area contributed by atoms with Gasteiger partial charge in [0.15, 0.2) is 30.7 Å². The lowest BCUT2D eigenvalue weighted by Crippen LogP contribution is -2.65. The number of thioether (sulfide) groups is 1. The minimum Gasteiger partial charge on any atom is -0.488 e. The van der Waals surface area contributed by atoms with Crippen molar-refractivity contribution in [2.75, 3.05) is 18.9 Å². The Morgan fingerprint density at radius 2 is 1.75 bits per heavy atom. The molecule has 2 aromatic rings. The van der Waals surface area contributed by atoms with Crippen LogP contribution in [0.25, 0.3) is 10.8 Å². The molecule has 7 N–H and O–H groups in total. The van der Waals surface area contributed by atoms with Crippen LogP contribution in [-0.2, 0) is 38.1 Å². The van der Waals surface area contributed by atoms with E-state index in [0.717, 1.165) is 51.5 Å². The van der Waals surface area contributed by atoms with E-state index < -0.39 is 34.0 Å². The first-order chi connectivity index (χ1) is 27.5. The highest BCUT2D eigenvalue weighted by molar-refractivity contribution is 7.98. The summed E-state index contributed by atoms with van der Waals surface area (Å²) in [5.41, 5.74) is 8.15. The van der Waals surface area contributed by atoms with Crippen molar-refractivity contribution in [3.05, 3.63) is 53.2 Å². The Kier molecular flexibility index (Phi) is 17.7. The summed E-state index contributed by atoms with van der Waals surface area (Å²) in [5.74, 6) is 1.06. The number of fused-ring (bicyclic) bond motifs is 2. The summed E-state index contributed by atoms with van der Waals surface area (Å²) in [7, 11) is 0.876. The number of rotatable bonds is 23. The molecule has 2 saturated heterocycles. The number of hydrogen-bond acceptors (Lipinski definition) is 14. The number of benzene rings is 2.